The minimum Gasteiger partial charge on any atom is -0.379 e. The molecule has 1 unspecified atom stereocenters. The van der Waals surface area contributed by atoms with Gasteiger partial charge in [0.25, 0.3) is 0 Å². The summed E-state index contributed by atoms with van der Waals surface area (Å²) in [6.45, 7) is 2.84. The Morgan fingerprint density at radius 2 is 1.74 bits per heavy atom. The van der Waals surface area contributed by atoms with Crippen LogP contribution in [0.3, 0.4) is 0 Å². The summed E-state index contributed by atoms with van der Waals surface area (Å²) in [5, 5.41) is 0. The molecule has 0 radical (unpaired) electrons. The molecule has 1 fully saturated rings. The Bertz CT molecular complexity index is 512. The van der Waals surface area contributed by atoms with Gasteiger partial charge in [0.05, 0.1) is 31.4 Å². The van der Waals surface area contributed by atoms with E-state index in [2.05, 4.69) is 9.89 Å². The van der Waals surface area contributed by atoms with Gasteiger partial charge < -0.3 is 16.2 Å². The summed E-state index contributed by atoms with van der Waals surface area (Å²) in [4.78, 5) is 6.12. The summed E-state index contributed by atoms with van der Waals surface area (Å²) < 4.78 is 43.2. The number of ether oxygens (including phenoxy) is 1. The van der Waals surface area contributed by atoms with E-state index >= 15 is 0 Å². The van der Waals surface area contributed by atoms with E-state index in [9.17, 15) is 13.2 Å². The molecule has 1 atom stereocenters. The van der Waals surface area contributed by atoms with Crippen LogP contribution >= 0.6 is 24.0 Å². The first kappa shape index (κ1) is 20.0. The van der Waals surface area contributed by atoms with Gasteiger partial charge in [-0.2, -0.15) is 13.2 Å². The van der Waals surface area contributed by atoms with Crippen molar-refractivity contribution in [2.45, 2.75) is 12.2 Å². The maximum absolute atomic E-state index is 12.6. The van der Waals surface area contributed by atoms with Crippen molar-refractivity contribution >= 4 is 29.9 Å². The van der Waals surface area contributed by atoms with Gasteiger partial charge in [-0.05, 0) is 17.7 Å². The molecule has 1 saturated heterocycles. The average molecular weight is 444 g/mol. The van der Waals surface area contributed by atoms with Crippen LogP contribution in [0.5, 0.6) is 0 Å². The van der Waals surface area contributed by atoms with Crippen LogP contribution in [0, 0.1) is 0 Å². The standard InChI is InChI=1S/C14H19F3N4O.HI/c15-14(16,17)11-3-1-10(2-4-11)12(9-20-13(18)19)21-5-7-22-8-6-21;/h1-4,12H,5-9H2,(H4,18,19,20);1H. The van der Waals surface area contributed by atoms with E-state index in [1.165, 1.54) is 12.1 Å². The Labute approximate surface area is 149 Å². The lowest BCUT2D eigenvalue weighted by Crippen LogP contribution is -2.40. The second kappa shape index (κ2) is 8.69. The van der Waals surface area contributed by atoms with E-state index in [0.717, 1.165) is 17.7 Å². The number of rotatable bonds is 4. The minimum absolute atomic E-state index is 0. The number of alkyl halides is 3. The molecule has 1 aromatic carbocycles. The lowest BCUT2D eigenvalue weighted by atomic mass is 10.0. The maximum Gasteiger partial charge on any atom is 0.416 e. The van der Waals surface area contributed by atoms with Gasteiger partial charge in [0.2, 0.25) is 0 Å². The van der Waals surface area contributed by atoms with Crippen LogP contribution < -0.4 is 11.5 Å². The highest BCUT2D eigenvalue weighted by Crippen LogP contribution is 2.31. The van der Waals surface area contributed by atoms with Crippen molar-refractivity contribution in [3.05, 3.63) is 35.4 Å². The number of hydrogen-bond acceptors (Lipinski definition) is 3. The van der Waals surface area contributed by atoms with Crippen LogP contribution in [-0.4, -0.2) is 43.7 Å². The normalized spacial score (nSPS) is 17.2. The molecule has 1 aliphatic heterocycles. The van der Waals surface area contributed by atoms with Gasteiger partial charge in [-0.15, -0.1) is 24.0 Å². The fourth-order valence-electron chi connectivity index (χ4n) is 2.41. The first-order valence-electron chi connectivity index (χ1n) is 6.92. The quantitative estimate of drug-likeness (QED) is 0.423. The highest BCUT2D eigenvalue weighted by molar-refractivity contribution is 14.0. The lowest BCUT2D eigenvalue weighted by molar-refractivity contribution is -0.137. The van der Waals surface area contributed by atoms with Gasteiger partial charge in [-0.3, -0.25) is 9.89 Å². The Kier molecular flexibility index (Phi) is 7.55. The first-order chi connectivity index (χ1) is 10.4. The minimum atomic E-state index is -4.34. The SMILES string of the molecule is I.NC(N)=NCC(c1ccc(C(F)(F)F)cc1)N1CCOCC1. The summed E-state index contributed by atoms with van der Waals surface area (Å²) in [7, 11) is 0. The number of hydrogen-bond donors (Lipinski definition) is 2. The van der Waals surface area contributed by atoms with Crippen LogP contribution in [0.1, 0.15) is 17.2 Å². The maximum atomic E-state index is 12.6. The largest absolute Gasteiger partial charge is 0.416 e. The fraction of sp³-hybridized carbons (Fsp3) is 0.500. The topological polar surface area (TPSA) is 76.9 Å². The monoisotopic (exact) mass is 444 g/mol. The molecule has 130 valence electrons. The van der Waals surface area contributed by atoms with E-state index in [0.29, 0.717) is 32.8 Å². The molecule has 0 aromatic heterocycles. The smallest absolute Gasteiger partial charge is 0.379 e. The van der Waals surface area contributed by atoms with Crippen molar-refractivity contribution in [1.82, 2.24) is 4.90 Å². The molecule has 0 aliphatic carbocycles. The number of morpholine rings is 1. The van der Waals surface area contributed by atoms with Gasteiger partial charge in [-0.25, -0.2) is 0 Å². The van der Waals surface area contributed by atoms with E-state index in [4.69, 9.17) is 16.2 Å². The van der Waals surface area contributed by atoms with Crippen molar-refractivity contribution in [3.63, 3.8) is 0 Å². The van der Waals surface area contributed by atoms with E-state index in [-0.39, 0.29) is 36.0 Å². The van der Waals surface area contributed by atoms with Gasteiger partial charge in [0, 0.05) is 13.1 Å². The van der Waals surface area contributed by atoms with Crippen LogP contribution in [0.4, 0.5) is 13.2 Å². The first-order valence-corrected chi connectivity index (χ1v) is 6.92. The molecule has 1 heterocycles. The summed E-state index contributed by atoms with van der Waals surface area (Å²) in [5.41, 5.74) is 10.8. The van der Waals surface area contributed by atoms with E-state index < -0.39 is 11.7 Å². The molecular formula is C14H20F3IN4O. The second-order valence-corrected chi connectivity index (χ2v) is 5.05. The number of nitrogens with two attached hydrogens (primary N) is 2. The van der Waals surface area contributed by atoms with Gasteiger partial charge in [-0.1, -0.05) is 12.1 Å². The number of guanidine groups is 1. The number of aliphatic imine (C=N–C) groups is 1. The summed E-state index contributed by atoms with van der Waals surface area (Å²) in [6.07, 6.45) is -4.34. The Hall–Kier alpha value is -1.07. The predicted molar refractivity (Wildman–Crippen MR) is 92.7 cm³/mol. The molecule has 4 N–H and O–H groups in total. The summed E-state index contributed by atoms with van der Waals surface area (Å²) in [6, 6.07) is 4.95. The molecule has 0 amide bonds. The van der Waals surface area contributed by atoms with Crippen LogP contribution in [0.2, 0.25) is 0 Å². The highest BCUT2D eigenvalue weighted by Gasteiger charge is 2.31. The highest BCUT2D eigenvalue weighted by atomic mass is 127. The lowest BCUT2D eigenvalue weighted by Gasteiger charge is -2.34. The molecule has 1 aliphatic rings. The van der Waals surface area contributed by atoms with E-state index in [1.807, 2.05) is 0 Å². The zero-order valence-electron chi connectivity index (χ0n) is 12.4. The zero-order valence-corrected chi connectivity index (χ0v) is 14.8. The Balaban J connectivity index is 0.00000264. The molecule has 5 nitrogen and oxygen atoms in total. The van der Waals surface area contributed by atoms with Crippen LogP contribution in [-0.2, 0) is 10.9 Å². The molecule has 0 spiro atoms. The van der Waals surface area contributed by atoms with Gasteiger partial charge in [0.15, 0.2) is 5.96 Å². The third kappa shape index (κ3) is 5.81. The molecule has 0 saturated carbocycles. The van der Waals surface area contributed by atoms with E-state index in [1.54, 1.807) is 0 Å². The Morgan fingerprint density at radius 1 is 1.17 bits per heavy atom. The average Bonchev–Trinajstić information content (AvgIpc) is 2.48. The van der Waals surface area contributed by atoms with Crippen molar-refractivity contribution < 1.29 is 17.9 Å². The molecule has 23 heavy (non-hydrogen) atoms. The third-order valence-corrected chi connectivity index (χ3v) is 3.56. The number of nitrogens with zero attached hydrogens (tertiary/aromatic N) is 2. The fourth-order valence-corrected chi connectivity index (χ4v) is 2.41. The third-order valence-electron chi connectivity index (χ3n) is 3.56. The predicted octanol–water partition coefficient (Wildman–Crippen LogP) is 1.97. The van der Waals surface area contributed by atoms with Crippen molar-refractivity contribution in [1.29, 1.82) is 0 Å². The zero-order chi connectivity index (χ0) is 16.2. The molecular weight excluding hydrogens is 424 g/mol. The van der Waals surface area contributed by atoms with Crippen molar-refractivity contribution in [3.8, 4) is 0 Å². The van der Waals surface area contributed by atoms with Crippen LogP contribution in [0.25, 0.3) is 0 Å². The van der Waals surface area contributed by atoms with Gasteiger partial charge in [0.1, 0.15) is 0 Å². The van der Waals surface area contributed by atoms with Crippen molar-refractivity contribution in [2.75, 3.05) is 32.8 Å². The van der Waals surface area contributed by atoms with Crippen molar-refractivity contribution in [2.24, 2.45) is 16.5 Å². The molecule has 0 bridgehead atoms. The molecule has 9 heteroatoms. The number of benzene rings is 1. The molecule has 2 rings (SSSR count). The summed E-state index contributed by atoms with van der Waals surface area (Å²) >= 11 is 0. The van der Waals surface area contributed by atoms with Gasteiger partial charge >= 0.3 is 6.18 Å². The summed E-state index contributed by atoms with van der Waals surface area (Å²) in [5.74, 6) is -0.0369. The Morgan fingerprint density at radius 3 is 2.22 bits per heavy atom. The number of halogens is 4. The van der Waals surface area contributed by atoms with Crippen LogP contribution in [0.15, 0.2) is 29.3 Å². The second-order valence-electron chi connectivity index (χ2n) is 5.05. The molecule has 1 aromatic rings.